The van der Waals surface area contributed by atoms with Crippen molar-refractivity contribution in [2.45, 2.75) is 12.5 Å². The average Bonchev–Trinajstić information content (AvgIpc) is 2.38. The average molecular weight is 376 g/mol. The first-order valence-electron chi connectivity index (χ1n) is 6.13. The van der Waals surface area contributed by atoms with Gasteiger partial charge in [-0.05, 0) is 24.1 Å². The molecule has 0 aliphatic rings. The Hall–Kier alpha value is -0.390. The van der Waals surface area contributed by atoms with Crippen molar-refractivity contribution < 1.29 is 9.90 Å². The third-order valence-corrected chi connectivity index (χ3v) is 3.48. The lowest BCUT2D eigenvalue weighted by atomic mass is 10.1. The number of nitrogens with zero attached hydrogens (tertiary/aromatic N) is 1. The molecule has 0 aliphatic carbocycles. The number of halogens is 4. The van der Waals surface area contributed by atoms with Gasteiger partial charge >= 0.3 is 5.97 Å². The fourth-order valence-electron chi connectivity index (χ4n) is 1.83. The van der Waals surface area contributed by atoms with E-state index >= 15 is 0 Å². The first-order chi connectivity index (χ1) is 9.49. The molecule has 1 aromatic carbocycles. The highest BCUT2D eigenvalue weighted by molar-refractivity contribution is 6.33. The molecule has 1 aromatic rings. The Morgan fingerprint density at radius 1 is 1.29 bits per heavy atom. The predicted octanol–water partition coefficient (Wildman–Crippen LogP) is 3.00. The maximum atomic E-state index is 10.7. The van der Waals surface area contributed by atoms with E-state index in [1.165, 1.54) is 0 Å². The van der Waals surface area contributed by atoms with Crippen LogP contribution in [0.15, 0.2) is 18.2 Å². The number of carboxylic acids is 1. The Labute approximate surface area is 145 Å². The third-order valence-electron chi connectivity index (χ3n) is 2.83. The molecule has 1 rings (SSSR count). The summed E-state index contributed by atoms with van der Waals surface area (Å²) in [7, 11) is 0. The van der Waals surface area contributed by atoms with Crippen molar-refractivity contribution in [2.24, 2.45) is 5.73 Å². The molecule has 0 amide bonds. The molecule has 1 atom stereocenters. The molecule has 0 saturated heterocycles. The molecule has 0 aliphatic heterocycles. The van der Waals surface area contributed by atoms with Crippen LogP contribution in [0.1, 0.15) is 5.56 Å². The van der Waals surface area contributed by atoms with Crippen molar-refractivity contribution in [3.05, 3.63) is 28.8 Å². The van der Waals surface area contributed by atoms with Crippen LogP contribution in [0.25, 0.3) is 0 Å². The largest absolute Gasteiger partial charge is 0.480 e. The molecule has 8 heteroatoms. The second kappa shape index (κ2) is 10.4. The summed E-state index contributed by atoms with van der Waals surface area (Å²) >= 11 is 17.8. The fraction of sp³-hybridized carbons (Fsp3) is 0.462. The lowest BCUT2D eigenvalue weighted by Gasteiger charge is -2.24. The van der Waals surface area contributed by atoms with Gasteiger partial charge in [0.15, 0.2) is 0 Å². The molecule has 0 aromatic heterocycles. The predicted molar refractivity (Wildman–Crippen MR) is 91.7 cm³/mol. The summed E-state index contributed by atoms with van der Waals surface area (Å²) in [5.41, 5.74) is 7.12. The minimum atomic E-state index is -1.03. The maximum absolute atomic E-state index is 10.7. The molecule has 0 bridgehead atoms. The zero-order chi connectivity index (χ0) is 15.1. The van der Waals surface area contributed by atoms with Crippen molar-refractivity contribution in [3.63, 3.8) is 0 Å². The Bertz CT molecular complexity index is 454. The Morgan fingerprint density at radius 2 is 1.86 bits per heavy atom. The third kappa shape index (κ3) is 6.49. The van der Waals surface area contributed by atoms with E-state index in [9.17, 15) is 4.79 Å². The first-order valence-corrected chi connectivity index (χ1v) is 7.58. The summed E-state index contributed by atoms with van der Waals surface area (Å²) in [6.07, 6.45) is 0.236. The van der Waals surface area contributed by atoms with Crippen molar-refractivity contribution >= 4 is 58.9 Å². The van der Waals surface area contributed by atoms with Crippen LogP contribution >= 0.6 is 47.2 Å². The van der Waals surface area contributed by atoms with E-state index in [2.05, 4.69) is 0 Å². The van der Waals surface area contributed by atoms with Crippen molar-refractivity contribution in [1.29, 1.82) is 0 Å². The number of nitrogens with two attached hydrogens (primary N) is 1. The topological polar surface area (TPSA) is 66.6 Å². The van der Waals surface area contributed by atoms with Gasteiger partial charge in [0, 0.05) is 24.8 Å². The monoisotopic (exact) mass is 374 g/mol. The highest BCUT2D eigenvalue weighted by Gasteiger charge is 2.14. The summed E-state index contributed by atoms with van der Waals surface area (Å²) in [5, 5.41) is 9.34. The van der Waals surface area contributed by atoms with E-state index in [1.807, 2.05) is 17.0 Å². The van der Waals surface area contributed by atoms with Crippen LogP contribution in [-0.2, 0) is 11.2 Å². The zero-order valence-corrected chi connectivity index (χ0v) is 14.4. The summed E-state index contributed by atoms with van der Waals surface area (Å²) < 4.78 is 0. The SMILES string of the molecule is Cl.N[C@H](Cc1ccc(N(CCCl)CCCl)c(Cl)c1)C(=O)O. The van der Waals surface area contributed by atoms with Crippen LogP contribution in [0.3, 0.4) is 0 Å². The number of alkyl halides is 2. The van der Waals surface area contributed by atoms with Gasteiger partial charge in [0.25, 0.3) is 0 Å². The van der Waals surface area contributed by atoms with Crippen LogP contribution in [-0.4, -0.2) is 42.0 Å². The smallest absolute Gasteiger partial charge is 0.320 e. The fourth-order valence-corrected chi connectivity index (χ4v) is 2.56. The molecule has 0 radical (unpaired) electrons. The lowest BCUT2D eigenvalue weighted by Crippen LogP contribution is -2.32. The zero-order valence-electron chi connectivity index (χ0n) is 11.3. The molecule has 0 saturated carbocycles. The lowest BCUT2D eigenvalue weighted by molar-refractivity contribution is -0.138. The summed E-state index contributed by atoms with van der Waals surface area (Å²) in [5.74, 6) is -0.0892. The second-order valence-electron chi connectivity index (χ2n) is 4.30. The van der Waals surface area contributed by atoms with Gasteiger partial charge in [-0.25, -0.2) is 0 Å². The van der Waals surface area contributed by atoms with Gasteiger partial charge in [-0.3, -0.25) is 4.79 Å². The first kappa shape index (κ1) is 20.6. The maximum Gasteiger partial charge on any atom is 0.320 e. The van der Waals surface area contributed by atoms with E-state index in [0.717, 1.165) is 11.3 Å². The number of anilines is 1. The number of carbonyl (C=O) groups is 1. The van der Waals surface area contributed by atoms with Gasteiger partial charge in [0.2, 0.25) is 0 Å². The number of hydrogen-bond acceptors (Lipinski definition) is 3. The molecule has 3 N–H and O–H groups in total. The highest BCUT2D eigenvalue weighted by Crippen LogP contribution is 2.27. The van der Waals surface area contributed by atoms with E-state index in [0.29, 0.717) is 29.9 Å². The van der Waals surface area contributed by atoms with Crippen molar-refractivity contribution in [2.75, 3.05) is 29.7 Å². The van der Waals surface area contributed by atoms with E-state index < -0.39 is 12.0 Å². The molecule has 0 fully saturated rings. The standard InChI is InChI=1S/C13H17Cl3N2O2.ClH/c14-3-5-18(6-4-15)12-2-1-9(7-10(12)16)8-11(17)13(19)20;/h1-2,7,11H,3-6,8,17H2,(H,19,20);1H/t11-;/m1./s1. The van der Waals surface area contributed by atoms with Gasteiger partial charge < -0.3 is 15.7 Å². The van der Waals surface area contributed by atoms with Crippen LogP contribution in [0.5, 0.6) is 0 Å². The molecular formula is C13H18Cl4N2O2. The van der Waals surface area contributed by atoms with Gasteiger partial charge in [0.1, 0.15) is 6.04 Å². The summed E-state index contributed by atoms with van der Waals surface area (Å²) in [4.78, 5) is 12.7. The van der Waals surface area contributed by atoms with Crippen LogP contribution < -0.4 is 10.6 Å². The number of hydrogen-bond donors (Lipinski definition) is 2. The number of rotatable bonds is 8. The van der Waals surface area contributed by atoms with E-state index in [1.54, 1.807) is 6.07 Å². The minimum absolute atomic E-state index is 0. The van der Waals surface area contributed by atoms with Gasteiger partial charge in [-0.2, -0.15) is 0 Å². The Morgan fingerprint density at radius 3 is 2.29 bits per heavy atom. The number of benzene rings is 1. The Kier molecular flexibility index (Phi) is 10.2. The summed E-state index contributed by atoms with van der Waals surface area (Å²) in [6, 6.07) is 4.46. The van der Waals surface area contributed by atoms with Gasteiger partial charge in [-0.15, -0.1) is 35.6 Å². The van der Waals surface area contributed by atoms with Crippen molar-refractivity contribution in [3.8, 4) is 0 Å². The molecule has 0 spiro atoms. The highest BCUT2D eigenvalue weighted by atomic mass is 35.5. The van der Waals surface area contributed by atoms with E-state index in [4.69, 9.17) is 45.6 Å². The van der Waals surface area contributed by atoms with E-state index in [-0.39, 0.29) is 18.8 Å². The molecule has 120 valence electrons. The molecule has 0 heterocycles. The molecule has 21 heavy (non-hydrogen) atoms. The van der Waals surface area contributed by atoms with Gasteiger partial charge in [-0.1, -0.05) is 17.7 Å². The van der Waals surface area contributed by atoms with Gasteiger partial charge in [0.05, 0.1) is 10.7 Å². The molecule has 0 unspecified atom stereocenters. The number of aliphatic carboxylic acids is 1. The quantitative estimate of drug-likeness (QED) is 0.685. The normalized spacial score (nSPS) is 11.6. The molecular weight excluding hydrogens is 358 g/mol. The van der Waals surface area contributed by atoms with Crippen LogP contribution in [0, 0.1) is 0 Å². The second-order valence-corrected chi connectivity index (χ2v) is 5.46. The number of carboxylic acid groups (broad SMARTS) is 1. The minimum Gasteiger partial charge on any atom is -0.480 e. The van der Waals surface area contributed by atoms with Crippen LogP contribution in [0.2, 0.25) is 5.02 Å². The Balaban J connectivity index is 0.00000400. The molecule has 4 nitrogen and oxygen atoms in total. The van der Waals surface area contributed by atoms with Crippen molar-refractivity contribution in [1.82, 2.24) is 0 Å². The summed E-state index contributed by atoms with van der Waals surface area (Å²) in [6.45, 7) is 1.28. The van der Waals surface area contributed by atoms with Crippen LogP contribution in [0.4, 0.5) is 5.69 Å².